The predicted octanol–water partition coefficient (Wildman–Crippen LogP) is 4.64. The van der Waals surface area contributed by atoms with Gasteiger partial charge in [-0.05, 0) is 43.7 Å². The maximum Gasteiger partial charge on any atom is 0.237 e. The number of hydrogen-bond acceptors (Lipinski definition) is 3. The Labute approximate surface area is 149 Å². The highest BCUT2D eigenvalue weighted by Crippen LogP contribution is 2.27. The van der Waals surface area contributed by atoms with Gasteiger partial charge in [-0.15, -0.1) is 0 Å². The van der Waals surface area contributed by atoms with E-state index in [0.29, 0.717) is 5.92 Å². The topological polar surface area (TPSA) is 32.3 Å². The first-order valence-electron chi connectivity index (χ1n) is 8.38. The summed E-state index contributed by atoms with van der Waals surface area (Å²) >= 11 is 6.96. The molecule has 1 N–H and O–H groups in total. The zero-order chi connectivity index (χ0) is 16.8. The number of amides is 1. The highest BCUT2D eigenvalue weighted by Gasteiger charge is 2.22. The molecule has 1 aliphatic rings. The molecule has 5 heteroatoms. The highest BCUT2D eigenvalue weighted by atomic mass is 32.2. The third kappa shape index (κ3) is 4.95. The molecule has 1 aliphatic heterocycles. The number of hydrogen-bond donors (Lipinski definition) is 1. The number of nitrogens with one attached hydrogen (secondary N) is 1. The Morgan fingerprint density at radius 1 is 1.30 bits per heavy atom. The molecule has 1 saturated heterocycles. The molecule has 1 heterocycles. The van der Waals surface area contributed by atoms with Crippen molar-refractivity contribution in [1.29, 1.82) is 0 Å². The van der Waals surface area contributed by atoms with E-state index in [1.54, 1.807) is 0 Å². The van der Waals surface area contributed by atoms with Gasteiger partial charge in [0.25, 0.3) is 0 Å². The molecule has 23 heavy (non-hydrogen) atoms. The van der Waals surface area contributed by atoms with Crippen LogP contribution in [-0.2, 0) is 4.79 Å². The lowest BCUT2D eigenvalue weighted by Gasteiger charge is -2.21. The predicted molar refractivity (Wildman–Crippen MR) is 104 cm³/mol. The van der Waals surface area contributed by atoms with Crippen LogP contribution in [0, 0.1) is 0 Å². The second kappa shape index (κ2) is 8.69. The summed E-state index contributed by atoms with van der Waals surface area (Å²) in [6.45, 7) is 8.32. The van der Waals surface area contributed by atoms with E-state index >= 15 is 0 Å². The molecule has 1 fully saturated rings. The van der Waals surface area contributed by atoms with E-state index < -0.39 is 0 Å². The Balaban J connectivity index is 1.97. The number of likely N-dealkylation sites (tertiary alicyclic amines) is 1. The van der Waals surface area contributed by atoms with Gasteiger partial charge in [-0.3, -0.25) is 4.79 Å². The Morgan fingerprint density at radius 2 is 1.96 bits per heavy atom. The molecule has 0 aliphatic carbocycles. The maximum absolute atomic E-state index is 12.5. The summed E-state index contributed by atoms with van der Waals surface area (Å²) in [5, 5.41) is 2.90. The molecule has 2 rings (SSSR count). The second-order valence-electron chi connectivity index (χ2n) is 6.11. The minimum Gasteiger partial charge on any atom is -0.358 e. The summed E-state index contributed by atoms with van der Waals surface area (Å²) in [6, 6.07) is 8.07. The van der Waals surface area contributed by atoms with Gasteiger partial charge in [0.15, 0.2) is 0 Å². The summed E-state index contributed by atoms with van der Waals surface area (Å²) in [5.74, 6) is 0.451. The number of carbonyl (C=O) groups is 1. The van der Waals surface area contributed by atoms with Gasteiger partial charge in [0.1, 0.15) is 4.32 Å². The lowest BCUT2D eigenvalue weighted by Crippen LogP contribution is -2.29. The average molecular weight is 351 g/mol. The number of para-hydroxylation sites is 1. The van der Waals surface area contributed by atoms with Gasteiger partial charge >= 0.3 is 0 Å². The Bertz CT molecular complexity index is 556. The average Bonchev–Trinajstić information content (AvgIpc) is 3.09. The Morgan fingerprint density at radius 3 is 2.61 bits per heavy atom. The van der Waals surface area contributed by atoms with Crippen LogP contribution in [0.2, 0.25) is 0 Å². The summed E-state index contributed by atoms with van der Waals surface area (Å²) in [6.07, 6.45) is 3.45. The number of rotatable bonds is 5. The monoisotopic (exact) mass is 350 g/mol. The smallest absolute Gasteiger partial charge is 0.237 e. The zero-order valence-corrected chi connectivity index (χ0v) is 15.8. The lowest BCUT2D eigenvalue weighted by molar-refractivity contribution is -0.115. The van der Waals surface area contributed by atoms with Crippen LogP contribution in [0.5, 0.6) is 0 Å². The van der Waals surface area contributed by atoms with Crippen molar-refractivity contribution in [3.05, 3.63) is 29.8 Å². The van der Waals surface area contributed by atoms with Crippen molar-refractivity contribution in [1.82, 2.24) is 4.90 Å². The fourth-order valence-electron chi connectivity index (χ4n) is 2.67. The van der Waals surface area contributed by atoms with E-state index in [1.807, 2.05) is 25.1 Å². The minimum atomic E-state index is -0.187. The molecule has 1 amide bonds. The molecule has 1 aromatic rings. The summed E-state index contributed by atoms with van der Waals surface area (Å²) in [4.78, 5) is 14.7. The van der Waals surface area contributed by atoms with Crippen LogP contribution in [0.15, 0.2) is 24.3 Å². The van der Waals surface area contributed by atoms with E-state index in [9.17, 15) is 4.79 Å². The van der Waals surface area contributed by atoms with Gasteiger partial charge in [-0.25, -0.2) is 0 Å². The Kier molecular flexibility index (Phi) is 6.90. The quantitative estimate of drug-likeness (QED) is 0.784. The Hall–Kier alpha value is -1.07. The van der Waals surface area contributed by atoms with E-state index in [1.165, 1.54) is 30.2 Å². The van der Waals surface area contributed by atoms with Crippen LogP contribution in [0.25, 0.3) is 0 Å². The van der Waals surface area contributed by atoms with Gasteiger partial charge < -0.3 is 10.2 Å². The number of anilines is 1. The molecule has 2 atom stereocenters. The third-order valence-electron chi connectivity index (χ3n) is 4.37. The number of benzene rings is 1. The van der Waals surface area contributed by atoms with Crippen molar-refractivity contribution in [2.24, 2.45) is 0 Å². The second-order valence-corrected chi connectivity index (χ2v) is 8.08. The van der Waals surface area contributed by atoms with Gasteiger partial charge in [0, 0.05) is 18.8 Å². The first kappa shape index (κ1) is 18.3. The van der Waals surface area contributed by atoms with Crippen LogP contribution in [0.3, 0.4) is 0 Å². The molecular formula is C18H26N2OS2. The summed E-state index contributed by atoms with van der Waals surface area (Å²) < 4.78 is 0.848. The number of nitrogens with zero attached hydrogens (tertiary/aromatic N) is 1. The largest absolute Gasteiger partial charge is 0.358 e. The number of thioether (sulfide) groups is 1. The van der Waals surface area contributed by atoms with Crippen molar-refractivity contribution in [3.8, 4) is 0 Å². The van der Waals surface area contributed by atoms with Crippen molar-refractivity contribution in [3.63, 3.8) is 0 Å². The number of thiocarbonyl (C=S) groups is 1. The van der Waals surface area contributed by atoms with E-state index in [-0.39, 0.29) is 11.2 Å². The first-order valence-corrected chi connectivity index (χ1v) is 9.67. The van der Waals surface area contributed by atoms with Gasteiger partial charge in [0.2, 0.25) is 5.91 Å². The zero-order valence-electron chi connectivity index (χ0n) is 14.2. The summed E-state index contributed by atoms with van der Waals surface area (Å²) in [5.41, 5.74) is 2.12. The SMILES string of the molecule is CC[C@H](C)c1ccccc1NC(=O)[C@@H](C)SC(=S)N1CCCC1. The molecule has 1 aromatic carbocycles. The lowest BCUT2D eigenvalue weighted by atomic mass is 9.97. The normalized spacial score (nSPS) is 16.9. The van der Waals surface area contributed by atoms with Gasteiger partial charge in [0.05, 0.1) is 5.25 Å². The van der Waals surface area contributed by atoms with Crippen molar-refractivity contribution in [2.75, 3.05) is 18.4 Å². The van der Waals surface area contributed by atoms with Gasteiger partial charge in [-0.1, -0.05) is 56.0 Å². The van der Waals surface area contributed by atoms with Crippen LogP contribution < -0.4 is 5.32 Å². The fourth-order valence-corrected chi connectivity index (χ4v) is 4.09. The fraction of sp³-hybridized carbons (Fsp3) is 0.556. The van der Waals surface area contributed by atoms with Crippen LogP contribution in [-0.4, -0.2) is 33.5 Å². The maximum atomic E-state index is 12.5. The highest BCUT2D eigenvalue weighted by molar-refractivity contribution is 8.23. The van der Waals surface area contributed by atoms with Crippen molar-refractivity contribution in [2.45, 2.75) is 51.2 Å². The molecule has 0 aromatic heterocycles. The van der Waals surface area contributed by atoms with E-state index in [2.05, 4.69) is 30.1 Å². The van der Waals surface area contributed by atoms with Crippen LogP contribution in [0.1, 0.15) is 51.5 Å². The van der Waals surface area contributed by atoms with Crippen LogP contribution in [0.4, 0.5) is 5.69 Å². The minimum absolute atomic E-state index is 0.0206. The molecule has 0 saturated carbocycles. The molecular weight excluding hydrogens is 324 g/mol. The van der Waals surface area contributed by atoms with Crippen molar-refractivity contribution >= 4 is 39.9 Å². The molecule has 0 unspecified atom stereocenters. The summed E-state index contributed by atoms with van der Waals surface area (Å²) in [7, 11) is 0. The molecule has 0 radical (unpaired) electrons. The molecule has 126 valence electrons. The molecule has 0 bridgehead atoms. The van der Waals surface area contributed by atoms with E-state index in [0.717, 1.165) is 29.5 Å². The van der Waals surface area contributed by atoms with Gasteiger partial charge in [-0.2, -0.15) is 0 Å². The standard InChI is InChI=1S/C18H26N2OS2/c1-4-13(2)15-9-5-6-10-16(15)19-17(21)14(3)23-18(22)20-11-7-8-12-20/h5-6,9-10,13-14H,4,7-8,11-12H2,1-3H3,(H,19,21)/t13-,14+/m0/s1. The molecule has 0 spiro atoms. The van der Waals surface area contributed by atoms with Crippen molar-refractivity contribution < 1.29 is 4.79 Å². The number of carbonyl (C=O) groups excluding carboxylic acids is 1. The van der Waals surface area contributed by atoms with E-state index in [4.69, 9.17) is 12.2 Å². The first-order chi connectivity index (χ1) is 11.0. The molecule has 3 nitrogen and oxygen atoms in total. The third-order valence-corrected chi connectivity index (χ3v) is 5.95. The van der Waals surface area contributed by atoms with Crippen LogP contribution >= 0.6 is 24.0 Å².